The number of aromatic hydroxyl groups is 1. The zero-order valence-corrected chi connectivity index (χ0v) is 15.5. The number of hydrazone groups is 1. The molecule has 0 saturated carbocycles. The predicted molar refractivity (Wildman–Crippen MR) is 104 cm³/mol. The lowest BCUT2D eigenvalue weighted by Gasteiger charge is -2.06. The van der Waals surface area contributed by atoms with E-state index in [1.807, 2.05) is 6.92 Å². The number of nitrogens with one attached hydrogen (secondary N) is 2. The Kier molecular flexibility index (Phi) is 7.63. The van der Waals surface area contributed by atoms with Crippen LogP contribution < -0.4 is 15.5 Å². The summed E-state index contributed by atoms with van der Waals surface area (Å²) in [6.45, 7) is 2.23. The Morgan fingerprint density at radius 1 is 1.19 bits per heavy atom. The third kappa shape index (κ3) is 6.99. The van der Waals surface area contributed by atoms with Crippen LogP contribution in [0.5, 0.6) is 11.5 Å². The number of anilines is 1. The number of phenolic OH excluding ortho intramolecular Hbond substituents is 1. The number of nitrogens with zero attached hydrogens (tertiary/aromatic N) is 1. The van der Waals surface area contributed by atoms with Gasteiger partial charge in [-0.25, -0.2) is 5.43 Å². The van der Waals surface area contributed by atoms with Crippen LogP contribution in [-0.4, -0.2) is 29.7 Å². The second-order valence-corrected chi connectivity index (χ2v) is 5.95. The lowest BCUT2D eigenvalue weighted by molar-refractivity contribution is -0.124. The minimum Gasteiger partial charge on any atom is -0.504 e. The van der Waals surface area contributed by atoms with Crippen molar-refractivity contribution in [2.45, 2.75) is 19.8 Å². The van der Waals surface area contributed by atoms with E-state index in [0.717, 1.165) is 0 Å². The summed E-state index contributed by atoms with van der Waals surface area (Å²) in [4.78, 5) is 23.6. The van der Waals surface area contributed by atoms with E-state index in [1.165, 1.54) is 12.3 Å². The molecule has 2 aromatic rings. The summed E-state index contributed by atoms with van der Waals surface area (Å²) in [5, 5.41) is 16.7. The normalized spacial score (nSPS) is 10.6. The average Bonchev–Trinajstić information content (AvgIpc) is 2.63. The Morgan fingerprint density at radius 2 is 1.96 bits per heavy atom. The van der Waals surface area contributed by atoms with Crippen molar-refractivity contribution in [3.8, 4) is 11.5 Å². The molecule has 0 bridgehead atoms. The number of benzene rings is 2. The van der Waals surface area contributed by atoms with Gasteiger partial charge in [-0.1, -0.05) is 17.7 Å². The van der Waals surface area contributed by atoms with Crippen molar-refractivity contribution >= 4 is 35.3 Å². The van der Waals surface area contributed by atoms with E-state index >= 15 is 0 Å². The molecule has 0 aliphatic carbocycles. The Labute approximate surface area is 162 Å². The molecule has 0 aliphatic heterocycles. The molecule has 0 unspecified atom stereocenters. The van der Waals surface area contributed by atoms with Crippen LogP contribution in [0.4, 0.5) is 5.69 Å². The van der Waals surface area contributed by atoms with Gasteiger partial charge < -0.3 is 15.2 Å². The molecule has 0 spiro atoms. The average molecular weight is 390 g/mol. The number of rotatable bonds is 8. The van der Waals surface area contributed by atoms with E-state index in [9.17, 15) is 14.7 Å². The maximum Gasteiger partial charge on any atom is 0.240 e. The van der Waals surface area contributed by atoms with E-state index in [2.05, 4.69) is 15.8 Å². The van der Waals surface area contributed by atoms with Gasteiger partial charge in [0.05, 0.1) is 12.8 Å². The largest absolute Gasteiger partial charge is 0.504 e. The van der Waals surface area contributed by atoms with Crippen LogP contribution in [0.15, 0.2) is 47.6 Å². The number of carbonyl (C=O) groups is 2. The highest BCUT2D eigenvalue weighted by molar-refractivity contribution is 6.30. The van der Waals surface area contributed by atoms with Gasteiger partial charge in [-0.05, 0) is 48.9 Å². The Bertz CT molecular complexity index is 839. The summed E-state index contributed by atoms with van der Waals surface area (Å²) in [7, 11) is 0. The van der Waals surface area contributed by atoms with Crippen LogP contribution >= 0.6 is 11.6 Å². The third-order valence-electron chi connectivity index (χ3n) is 3.37. The van der Waals surface area contributed by atoms with Crippen LogP contribution in [-0.2, 0) is 9.59 Å². The van der Waals surface area contributed by atoms with Crippen LogP contribution in [0.2, 0.25) is 5.02 Å². The molecule has 0 saturated heterocycles. The second-order valence-electron chi connectivity index (χ2n) is 5.51. The number of amides is 2. The first kappa shape index (κ1) is 20.3. The maximum absolute atomic E-state index is 11.8. The van der Waals surface area contributed by atoms with Crippen molar-refractivity contribution in [2.75, 3.05) is 11.9 Å². The quantitative estimate of drug-likeness (QED) is 0.476. The van der Waals surface area contributed by atoms with Crippen molar-refractivity contribution in [2.24, 2.45) is 5.10 Å². The topological polar surface area (TPSA) is 100 Å². The molecule has 0 aromatic heterocycles. The second kappa shape index (κ2) is 10.2. The fraction of sp³-hybridized carbons (Fsp3) is 0.211. The molecule has 7 nitrogen and oxygen atoms in total. The van der Waals surface area contributed by atoms with Gasteiger partial charge in [0.2, 0.25) is 11.8 Å². The highest BCUT2D eigenvalue weighted by atomic mass is 35.5. The molecule has 3 N–H and O–H groups in total. The van der Waals surface area contributed by atoms with E-state index in [-0.39, 0.29) is 24.5 Å². The first-order valence-electron chi connectivity index (χ1n) is 8.31. The van der Waals surface area contributed by atoms with Gasteiger partial charge in [0, 0.05) is 23.6 Å². The van der Waals surface area contributed by atoms with Gasteiger partial charge in [0.25, 0.3) is 0 Å². The first-order valence-corrected chi connectivity index (χ1v) is 8.69. The Balaban J connectivity index is 1.78. The van der Waals surface area contributed by atoms with Crippen LogP contribution in [0, 0.1) is 0 Å². The van der Waals surface area contributed by atoms with Gasteiger partial charge in [0.15, 0.2) is 11.5 Å². The summed E-state index contributed by atoms with van der Waals surface area (Å²) >= 11 is 5.85. The van der Waals surface area contributed by atoms with E-state index < -0.39 is 5.91 Å². The minimum atomic E-state index is -0.392. The number of ether oxygens (including phenoxy) is 1. The third-order valence-corrected chi connectivity index (χ3v) is 3.61. The number of phenols is 1. The molecule has 0 radical (unpaired) electrons. The molecule has 2 amide bonds. The first-order chi connectivity index (χ1) is 13.0. The molecule has 0 fully saturated rings. The number of carbonyl (C=O) groups excluding carboxylic acids is 2. The zero-order valence-electron chi connectivity index (χ0n) is 14.7. The summed E-state index contributed by atoms with van der Waals surface area (Å²) in [5.74, 6) is -0.318. The number of halogens is 1. The monoisotopic (exact) mass is 389 g/mol. The molecule has 0 heterocycles. The number of hydrogen-bond acceptors (Lipinski definition) is 5. The van der Waals surface area contributed by atoms with Crippen LogP contribution in [0.1, 0.15) is 25.3 Å². The molecule has 2 rings (SSSR count). The summed E-state index contributed by atoms with van der Waals surface area (Å²) < 4.78 is 5.27. The summed E-state index contributed by atoms with van der Waals surface area (Å²) in [6, 6.07) is 11.5. The van der Waals surface area contributed by atoms with Crippen molar-refractivity contribution in [1.82, 2.24) is 5.43 Å². The Hall–Kier alpha value is -3.06. The fourth-order valence-electron chi connectivity index (χ4n) is 2.13. The van der Waals surface area contributed by atoms with Gasteiger partial charge in [-0.3, -0.25) is 9.59 Å². The van der Waals surface area contributed by atoms with Gasteiger partial charge in [-0.15, -0.1) is 0 Å². The van der Waals surface area contributed by atoms with Gasteiger partial charge in [-0.2, -0.15) is 5.10 Å². The van der Waals surface area contributed by atoms with Crippen molar-refractivity contribution < 1.29 is 19.4 Å². The van der Waals surface area contributed by atoms with Crippen molar-refractivity contribution in [3.63, 3.8) is 0 Å². The molecule has 0 aliphatic rings. The van der Waals surface area contributed by atoms with E-state index in [1.54, 1.807) is 36.4 Å². The highest BCUT2D eigenvalue weighted by Gasteiger charge is 2.07. The summed E-state index contributed by atoms with van der Waals surface area (Å²) in [6.07, 6.45) is 1.43. The lowest BCUT2D eigenvalue weighted by atomic mass is 10.2. The number of hydrogen-bond donors (Lipinski definition) is 3. The smallest absolute Gasteiger partial charge is 0.240 e. The predicted octanol–water partition coefficient (Wildman–Crippen LogP) is 3.31. The lowest BCUT2D eigenvalue weighted by Crippen LogP contribution is -2.20. The highest BCUT2D eigenvalue weighted by Crippen LogP contribution is 2.26. The van der Waals surface area contributed by atoms with Crippen molar-refractivity contribution in [1.29, 1.82) is 0 Å². The van der Waals surface area contributed by atoms with Crippen molar-refractivity contribution in [3.05, 3.63) is 53.1 Å². The molecular weight excluding hydrogens is 370 g/mol. The minimum absolute atomic E-state index is 0.0104. The standard InChI is InChI=1S/C19H20ClN3O4/c1-2-27-17-10-13(6-7-16(17)24)12-21-23-19(26)9-8-18(25)22-15-5-3-4-14(20)11-15/h3-7,10-12,24H,2,8-9H2,1H3,(H,22,25)(H,23,26). The molecule has 142 valence electrons. The van der Waals surface area contributed by atoms with Gasteiger partial charge >= 0.3 is 0 Å². The van der Waals surface area contributed by atoms with E-state index in [4.69, 9.17) is 16.3 Å². The molecule has 0 atom stereocenters. The molecule has 8 heteroatoms. The molecule has 2 aromatic carbocycles. The van der Waals surface area contributed by atoms with E-state index in [0.29, 0.717) is 28.6 Å². The summed E-state index contributed by atoms with van der Waals surface area (Å²) in [5.41, 5.74) is 3.57. The SMILES string of the molecule is CCOc1cc(C=NNC(=O)CCC(=O)Nc2cccc(Cl)c2)ccc1O. The fourth-order valence-corrected chi connectivity index (χ4v) is 2.32. The maximum atomic E-state index is 11.8. The molecule has 27 heavy (non-hydrogen) atoms. The Morgan fingerprint density at radius 3 is 2.70 bits per heavy atom. The van der Waals surface area contributed by atoms with Crippen LogP contribution in [0.3, 0.4) is 0 Å². The van der Waals surface area contributed by atoms with Gasteiger partial charge in [0.1, 0.15) is 0 Å². The molecular formula is C19H20ClN3O4. The zero-order chi connectivity index (χ0) is 19.6. The van der Waals surface area contributed by atoms with Crippen LogP contribution in [0.25, 0.3) is 0 Å².